The summed E-state index contributed by atoms with van der Waals surface area (Å²) in [6.45, 7) is 3.06. The van der Waals surface area contributed by atoms with E-state index in [2.05, 4.69) is 21.7 Å². The Balaban J connectivity index is 1.61. The van der Waals surface area contributed by atoms with Gasteiger partial charge in [-0.3, -0.25) is 20.1 Å². The second-order valence-electron chi connectivity index (χ2n) is 7.91. The van der Waals surface area contributed by atoms with Crippen molar-refractivity contribution in [3.8, 4) is 6.07 Å². The third kappa shape index (κ3) is 4.07. The van der Waals surface area contributed by atoms with Gasteiger partial charge in [-0.05, 0) is 37.5 Å². The lowest BCUT2D eigenvalue weighted by Crippen LogP contribution is -2.62. The van der Waals surface area contributed by atoms with Crippen LogP contribution in [-0.2, 0) is 15.1 Å². The lowest BCUT2D eigenvalue weighted by molar-refractivity contribution is -0.133. The minimum atomic E-state index is -0.836. The molecule has 8 nitrogen and oxygen atoms in total. The molecular weight excluding hydrogens is 416 g/mol. The Morgan fingerprint density at radius 1 is 1.35 bits per heavy atom. The molecule has 2 aliphatic rings. The molecule has 1 aromatic carbocycles. The van der Waals surface area contributed by atoms with E-state index < -0.39 is 5.54 Å². The monoisotopic (exact) mass is 438 g/mol. The van der Waals surface area contributed by atoms with E-state index in [0.29, 0.717) is 40.7 Å². The van der Waals surface area contributed by atoms with Gasteiger partial charge in [-0.2, -0.15) is 5.26 Å². The smallest absolute Gasteiger partial charge is 0.232 e. The molecule has 2 fully saturated rings. The number of hydrogen-bond acceptors (Lipinski definition) is 6. The Bertz CT molecular complexity index is 1040. The largest absolute Gasteiger partial charge is 0.381 e. The molecule has 31 heavy (non-hydrogen) atoms. The van der Waals surface area contributed by atoms with Crippen LogP contribution in [0, 0.1) is 16.7 Å². The number of benzene rings is 1. The first-order valence-corrected chi connectivity index (χ1v) is 10.5. The fraction of sp³-hybridized carbons (Fsp3) is 0.364. The van der Waals surface area contributed by atoms with E-state index in [1.165, 1.54) is 0 Å². The molecule has 3 N–H and O–H groups in total. The van der Waals surface area contributed by atoms with Crippen molar-refractivity contribution in [2.45, 2.75) is 37.8 Å². The van der Waals surface area contributed by atoms with E-state index in [-0.39, 0.29) is 24.3 Å². The van der Waals surface area contributed by atoms with Gasteiger partial charge in [0.05, 0.1) is 40.1 Å². The van der Waals surface area contributed by atoms with Crippen LogP contribution in [0.15, 0.2) is 36.7 Å². The number of carbonyl (C=O) groups is 1. The van der Waals surface area contributed by atoms with E-state index in [9.17, 15) is 10.1 Å². The molecule has 0 saturated carbocycles. The molecule has 3 heterocycles. The first-order chi connectivity index (χ1) is 14.9. The number of guanidine groups is 1. The van der Waals surface area contributed by atoms with Gasteiger partial charge in [0.25, 0.3) is 0 Å². The van der Waals surface area contributed by atoms with Crippen LogP contribution in [0.4, 0.5) is 11.4 Å². The summed E-state index contributed by atoms with van der Waals surface area (Å²) < 4.78 is 5.39. The average Bonchev–Trinajstić information content (AvgIpc) is 2.75. The first-order valence-electron chi connectivity index (χ1n) is 10.1. The van der Waals surface area contributed by atoms with Gasteiger partial charge in [-0.25, -0.2) is 0 Å². The molecule has 2 saturated heterocycles. The van der Waals surface area contributed by atoms with Gasteiger partial charge in [0, 0.05) is 25.5 Å². The van der Waals surface area contributed by atoms with Crippen molar-refractivity contribution in [2.24, 2.45) is 0 Å². The normalized spacial score (nSPS) is 22.0. The average molecular weight is 439 g/mol. The van der Waals surface area contributed by atoms with Crippen LogP contribution in [0.25, 0.3) is 0 Å². The standard InChI is InChI=1S/C22H23ClN6O2/c1-22(11-19(30)29(21(25)28-22)15-6-9-31-10-7-15)16-3-2-4-17(20(16)23)27-18-13-26-8-5-14(18)12-24/h2-5,8,13,15,27H,6-7,9-11H2,1H3,(H2,25,28)/t22-/m0/s1. The highest BCUT2D eigenvalue weighted by Crippen LogP contribution is 2.39. The minimum absolute atomic E-state index is 0.0238. The number of aromatic nitrogens is 1. The second kappa shape index (κ2) is 8.53. The summed E-state index contributed by atoms with van der Waals surface area (Å²) in [5.41, 5.74) is 1.45. The van der Waals surface area contributed by atoms with Crippen molar-refractivity contribution >= 4 is 34.8 Å². The highest BCUT2D eigenvalue weighted by Gasteiger charge is 2.43. The number of anilines is 2. The predicted molar refractivity (Wildman–Crippen MR) is 117 cm³/mol. The number of amides is 1. The number of carbonyl (C=O) groups excluding carboxylic acids is 1. The van der Waals surface area contributed by atoms with Gasteiger partial charge >= 0.3 is 0 Å². The zero-order valence-corrected chi connectivity index (χ0v) is 17.9. The quantitative estimate of drug-likeness (QED) is 0.673. The van der Waals surface area contributed by atoms with Crippen molar-refractivity contribution in [1.82, 2.24) is 15.2 Å². The molecule has 0 unspecified atom stereocenters. The van der Waals surface area contributed by atoms with Gasteiger partial charge in [0.15, 0.2) is 5.96 Å². The summed E-state index contributed by atoms with van der Waals surface area (Å²) in [4.78, 5) is 18.7. The van der Waals surface area contributed by atoms with E-state index >= 15 is 0 Å². The van der Waals surface area contributed by atoms with Gasteiger partial charge in [-0.15, -0.1) is 0 Å². The van der Waals surface area contributed by atoms with Gasteiger partial charge < -0.3 is 15.4 Å². The summed E-state index contributed by atoms with van der Waals surface area (Å²) in [5, 5.41) is 24.6. The van der Waals surface area contributed by atoms with Crippen LogP contribution in [-0.4, -0.2) is 41.0 Å². The van der Waals surface area contributed by atoms with Crippen molar-refractivity contribution in [2.75, 3.05) is 18.5 Å². The molecule has 2 aromatic rings. The lowest BCUT2D eigenvalue weighted by Gasteiger charge is -2.45. The van der Waals surface area contributed by atoms with Crippen LogP contribution >= 0.6 is 11.6 Å². The van der Waals surface area contributed by atoms with Crippen LogP contribution in [0.1, 0.15) is 37.3 Å². The van der Waals surface area contributed by atoms with Gasteiger partial charge in [0.2, 0.25) is 5.91 Å². The molecular formula is C22H23ClN6O2. The Labute approximate surface area is 185 Å². The van der Waals surface area contributed by atoms with Crippen LogP contribution in [0.5, 0.6) is 0 Å². The molecule has 9 heteroatoms. The second-order valence-corrected chi connectivity index (χ2v) is 8.29. The molecule has 1 amide bonds. The fourth-order valence-corrected chi connectivity index (χ4v) is 4.54. The van der Waals surface area contributed by atoms with Crippen LogP contribution in [0.2, 0.25) is 5.02 Å². The van der Waals surface area contributed by atoms with Crippen molar-refractivity contribution in [3.05, 3.63) is 52.8 Å². The number of halogens is 1. The molecule has 0 aliphatic carbocycles. The Kier molecular flexibility index (Phi) is 5.81. The Morgan fingerprint density at radius 2 is 2.13 bits per heavy atom. The first kappa shape index (κ1) is 21.1. The van der Waals surface area contributed by atoms with E-state index in [0.717, 1.165) is 12.8 Å². The molecule has 1 aromatic heterocycles. The lowest BCUT2D eigenvalue weighted by atomic mass is 9.85. The number of ether oxygens (including phenoxy) is 1. The molecule has 0 bridgehead atoms. The topological polar surface area (TPSA) is 114 Å². The number of nitrogens with one attached hydrogen (secondary N) is 3. The molecule has 1 atom stereocenters. The zero-order chi connectivity index (χ0) is 22.0. The maximum atomic E-state index is 13.1. The van der Waals surface area contributed by atoms with Crippen LogP contribution in [0.3, 0.4) is 0 Å². The summed E-state index contributed by atoms with van der Waals surface area (Å²) >= 11 is 6.74. The minimum Gasteiger partial charge on any atom is -0.381 e. The highest BCUT2D eigenvalue weighted by molar-refractivity contribution is 6.34. The third-order valence-corrected chi connectivity index (χ3v) is 6.18. The third-order valence-electron chi connectivity index (χ3n) is 5.77. The summed E-state index contributed by atoms with van der Waals surface area (Å²) in [7, 11) is 0. The molecule has 2 aliphatic heterocycles. The van der Waals surface area contributed by atoms with Crippen molar-refractivity contribution in [3.63, 3.8) is 0 Å². The fourth-order valence-electron chi connectivity index (χ4n) is 4.16. The number of nitriles is 1. The van der Waals surface area contributed by atoms with E-state index in [4.69, 9.17) is 21.7 Å². The highest BCUT2D eigenvalue weighted by atomic mass is 35.5. The summed E-state index contributed by atoms with van der Waals surface area (Å²) in [6.07, 6.45) is 4.73. The number of hydrogen-bond donors (Lipinski definition) is 3. The van der Waals surface area contributed by atoms with Gasteiger partial charge in [0.1, 0.15) is 6.07 Å². The maximum absolute atomic E-state index is 13.1. The predicted octanol–water partition coefficient (Wildman–Crippen LogP) is 3.50. The summed E-state index contributed by atoms with van der Waals surface area (Å²) in [6, 6.07) is 9.20. The zero-order valence-electron chi connectivity index (χ0n) is 17.1. The number of nitrogens with zero attached hydrogens (tertiary/aromatic N) is 3. The molecule has 0 spiro atoms. The SMILES string of the molecule is C[C@@]1(c2cccc(Nc3cnccc3C#N)c2Cl)CC(=O)N(C2CCOCC2)C(=N)N1. The van der Waals surface area contributed by atoms with E-state index in [1.807, 2.05) is 19.1 Å². The number of rotatable bonds is 4. The van der Waals surface area contributed by atoms with Gasteiger partial charge in [-0.1, -0.05) is 23.7 Å². The molecule has 0 radical (unpaired) electrons. The van der Waals surface area contributed by atoms with Crippen LogP contribution < -0.4 is 10.6 Å². The number of pyridine rings is 1. The summed E-state index contributed by atoms with van der Waals surface area (Å²) in [5.74, 6) is -0.0225. The maximum Gasteiger partial charge on any atom is 0.232 e. The van der Waals surface area contributed by atoms with Crippen molar-refractivity contribution in [1.29, 1.82) is 10.7 Å². The molecule has 160 valence electrons. The molecule has 4 rings (SSSR count). The Hall–Kier alpha value is -3.15. The van der Waals surface area contributed by atoms with E-state index in [1.54, 1.807) is 29.4 Å². The Morgan fingerprint density at radius 3 is 2.84 bits per heavy atom. The van der Waals surface area contributed by atoms with Crippen molar-refractivity contribution < 1.29 is 9.53 Å².